The average Bonchev–Trinajstić information content (AvgIpc) is 1.37. The van der Waals surface area contributed by atoms with Crippen LogP contribution in [-0.2, 0) is 0 Å². The Morgan fingerprint density at radius 2 is 2.25 bits per heavy atom. The number of hydrogen-bond acceptors (Lipinski definition) is 0. The molecule has 0 aromatic carbocycles. The van der Waals surface area contributed by atoms with Crippen LogP contribution in [0.4, 0.5) is 0 Å². The molecular weight excluding hydrogens is 278 g/mol. The van der Waals surface area contributed by atoms with E-state index in [1.54, 1.807) is 0 Å². The highest BCUT2D eigenvalue weighted by Gasteiger charge is 1.81. The maximum Gasteiger partial charge on any atom is 0.276 e. The van der Waals surface area contributed by atoms with Crippen molar-refractivity contribution in [2.45, 2.75) is 0 Å². The molecule has 0 amide bonds. The highest BCUT2D eigenvalue weighted by molar-refractivity contribution is 14.1. The van der Waals surface area contributed by atoms with Gasteiger partial charge in [-0.2, -0.15) is 0 Å². The number of rotatable bonds is 1. The van der Waals surface area contributed by atoms with E-state index in [1.807, 2.05) is 0 Å². The Morgan fingerprint density at radius 1 is 2.00 bits per heavy atom. The normalized spacial score (nSPS) is 7.50. The van der Waals surface area contributed by atoms with Crippen molar-refractivity contribution in [3.63, 3.8) is 0 Å². The fourth-order valence-electron chi connectivity index (χ4n) is 0. The Kier molecular flexibility index (Phi) is 6.09. The lowest BCUT2D eigenvalue weighted by molar-refractivity contribution is -0.602. The standard InChI is InChI=1S/C2H5I2/c1-4-2-3/h2H2,1H3/q+1. The summed E-state index contributed by atoms with van der Waals surface area (Å²) in [4.78, 5) is 2.28. The monoisotopic (exact) mass is 283 g/mol. The topological polar surface area (TPSA) is 0 Å². The van der Waals surface area contributed by atoms with Crippen LogP contribution >= 0.6 is 22.6 Å². The second kappa shape index (κ2) is 4.46. The van der Waals surface area contributed by atoms with Crippen molar-refractivity contribution >= 4 is 22.6 Å². The second-order valence-corrected chi connectivity index (χ2v) is 6.34. The van der Waals surface area contributed by atoms with E-state index in [1.165, 1.54) is 2.43 Å². The van der Waals surface area contributed by atoms with Gasteiger partial charge in [0.25, 0.3) is 21.2 Å². The molecule has 0 aliphatic heterocycles. The summed E-state index contributed by atoms with van der Waals surface area (Å²) in [7, 11) is 0. The van der Waals surface area contributed by atoms with Crippen molar-refractivity contribution < 1.29 is 21.2 Å². The van der Waals surface area contributed by atoms with Crippen molar-refractivity contribution in [1.29, 1.82) is 0 Å². The van der Waals surface area contributed by atoms with Crippen molar-refractivity contribution in [1.82, 2.24) is 0 Å². The summed E-state index contributed by atoms with van der Waals surface area (Å²) >= 11 is 3.00. The first-order chi connectivity index (χ1) is 1.91. The Balaban J connectivity index is 1.97. The van der Waals surface area contributed by atoms with Gasteiger partial charge in [-0.25, -0.2) is 0 Å². The second-order valence-electron chi connectivity index (χ2n) is 0.368. The number of alkyl halides is 3. The van der Waals surface area contributed by atoms with Crippen molar-refractivity contribution in [2.24, 2.45) is 0 Å². The summed E-state index contributed by atoms with van der Waals surface area (Å²) in [6.45, 7) is 0. The van der Waals surface area contributed by atoms with Gasteiger partial charge in [-0.1, -0.05) is 0 Å². The Morgan fingerprint density at radius 3 is 2.25 bits per heavy atom. The minimum absolute atomic E-state index is 0.597. The third kappa shape index (κ3) is 3.46. The maximum absolute atomic E-state index is 2.40. The molecule has 0 aliphatic carbocycles. The van der Waals surface area contributed by atoms with Gasteiger partial charge in [0.05, 0.1) is 0 Å². The maximum atomic E-state index is 2.40. The third-order valence-corrected chi connectivity index (χ3v) is 4.55. The molecule has 4 heavy (non-hydrogen) atoms. The van der Waals surface area contributed by atoms with E-state index >= 15 is 0 Å². The summed E-state index contributed by atoms with van der Waals surface area (Å²) in [6.07, 6.45) is 0. The van der Waals surface area contributed by atoms with Gasteiger partial charge >= 0.3 is 0 Å². The summed E-state index contributed by atoms with van der Waals surface area (Å²) in [6, 6.07) is 0. The van der Waals surface area contributed by atoms with Crippen molar-refractivity contribution in [3.05, 3.63) is 0 Å². The molecule has 2 heteroatoms. The lowest BCUT2D eigenvalue weighted by Crippen LogP contribution is -3.60. The zero-order valence-corrected chi connectivity index (χ0v) is 6.78. The molecule has 0 fully saturated rings. The van der Waals surface area contributed by atoms with Crippen LogP contribution in [0.5, 0.6) is 0 Å². The van der Waals surface area contributed by atoms with Crippen LogP contribution in [0.3, 0.4) is 0 Å². The Labute approximate surface area is 50.8 Å². The molecule has 0 radical (unpaired) electrons. The molecule has 0 aromatic rings. The number of hydrogen-bond donors (Lipinski definition) is 0. The van der Waals surface area contributed by atoms with Crippen LogP contribution < -0.4 is 21.2 Å². The molecule has 0 unspecified atom stereocenters. The van der Waals surface area contributed by atoms with E-state index in [9.17, 15) is 0 Å². The largest absolute Gasteiger partial charge is 0.276 e. The fourth-order valence-corrected chi connectivity index (χ4v) is 0. The van der Waals surface area contributed by atoms with E-state index < -0.39 is 0 Å². The molecule has 0 spiro atoms. The predicted molar refractivity (Wildman–Crippen MR) is 24.8 cm³/mol. The molecule has 0 aromatic heterocycles. The molecule has 0 N–H and O–H groups in total. The van der Waals surface area contributed by atoms with Crippen LogP contribution in [-0.4, -0.2) is 7.36 Å². The third-order valence-electron chi connectivity index (χ3n) is 0.101. The van der Waals surface area contributed by atoms with E-state index in [2.05, 4.69) is 27.5 Å². The zero-order chi connectivity index (χ0) is 3.41. The molecule has 0 heterocycles. The van der Waals surface area contributed by atoms with Gasteiger partial charge in [-0.3, -0.25) is 0 Å². The highest BCUT2D eigenvalue weighted by Crippen LogP contribution is 1.55. The van der Waals surface area contributed by atoms with Gasteiger partial charge < -0.3 is 0 Å². The molecule has 0 aliphatic rings. The van der Waals surface area contributed by atoms with Crippen LogP contribution in [0.15, 0.2) is 0 Å². The first-order valence-electron chi connectivity index (χ1n) is 0.912. The first-order valence-corrected chi connectivity index (χ1v) is 6.12. The summed E-state index contributed by atoms with van der Waals surface area (Å²) in [5.41, 5.74) is 0. The van der Waals surface area contributed by atoms with Crippen LogP contribution in [0, 0.1) is 0 Å². The van der Waals surface area contributed by atoms with Gasteiger partial charge in [-0.15, -0.1) is 0 Å². The molecule has 0 rings (SSSR count). The molecule has 0 atom stereocenters. The van der Waals surface area contributed by atoms with Crippen LogP contribution in [0.25, 0.3) is 0 Å². The predicted octanol–water partition coefficient (Wildman–Crippen LogP) is -1.90. The zero-order valence-electron chi connectivity index (χ0n) is 2.46. The van der Waals surface area contributed by atoms with E-state index in [0.29, 0.717) is 21.2 Å². The quantitative estimate of drug-likeness (QED) is 0.389. The lowest BCUT2D eigenvalue weighted by Gasteiger charge is -1.44. The summed E-state index contributed by atoms with van der Waals surface area (Å²) in [5.74, 6) is 0. The molecule has 0 bridgehead atoms. The summed E-state index contributed by atoms with van der Waals surface area (Å²) < 4.78 is 1.40. The molecule has 0 nitrogen and oxygen atoms in total. The first kappa shape index (κ1) is 5.46. The van der Waals surface area contributed by atoms with E-state index in [4.69, 9.17) is 0 Å². The smallest absolute Gasteiger partial charge is 0.0278 e. The molecule has 0 saturated carbocycles. The van der Waals surface area contributed by atoms with Crippen molar-refractivity contribution in [2.75, 3.05) is 7.36 Å². The van der Waals surface area contributed by atoms with Gasteiger partial charge in [0.15, 0.2) is 2.43 Å². The SMILES string of the molecule is C[I+]CI. The van der Waals surface area contributed by atoms with Gasteiger partial charge in [0.2, 0.25) is 0 Å². The van der Waals surface area contributed by atoms with Gasteiger partial charge in [0, 0.05) is 0 Å². The molecule has 26 valence electrons. The lowest BCUT2D eigenvalue weighted by atomic mass is 12.0. The van der Waals surface area contributed by atoms with E-state index in [0.717, 1.165) is 0 Å². The van der Waals surface area contributed by atoms with E-state index in [-0.39, 0.29) is 0 Å². The average molecular weight is 283 g/mol. The number of halogens is 2. The Hall–Kier alpha value is 1.46. The minimum atomic E-state index is 0.597. The molecule has 0 saturated heterocycles. The minimum Gasteiger partial charge on any atom is -0.0278 e. The highest BCUT2D eigenvalue weighted by atomic mass is 127. The van der Waals surface area contributed by atoms with Crippen LogP contribution in [0.2, 0.25) is 0 Å². The Bertz CT molecular complexity index is 6.00. The van der Waals surface area contributed by atoms with Crippen LogP contribution in [0.1, 0.15) is 0 Å². The molecular formula is C2H5I2+. The van der Waals surface area contributed by atoms with Gasteiger partial charge in [0.1, 0.15) is 4.93 Å². The van der Waals surface area contributed by atoms with Crippen molar-refractivity contribution in [3.8, 4) is 0 Å². The summed E-state index contributed by atoms with van der Waals surface area (Å²) in [5, 5.41) is 0. The van der Waals surface area contributed by atoms with Gasteiger partial charge in [-0.05, 0) is 22.6 Å². The fraction of sp³-hybridized carbons (Fsp3) is 1.00.